The predicted molar refractivity (Wildman–Crippen MR) is 68.1 cm³/mol. The van der Waals surface area contributed by atoms with Crippen LogP contribution >= 0.6 is 0 Å². The van der Waals surface area contributed by atoms with Crippen LogP contribution in [0.4, 0.5) is 0 Å². The third kappa shape index (κ3) is 3.19. The monoisotopic (exact) mass is 239 g/mol. The average molecular weight is 239 g/mol. The highest BCUT2D eigenvalue weighted by atomic mass is 16.3. The van der Waals surface area contributed by atoms with E-state index in [-0.39, 0.29) is 6.10 Å². The Bertz CT molecular complexity index is 257. The van der Waals surface area contributed by atoms with Gasteiger partial charge in [0.1, 0.15) is 0 Å². The molecular formula is C13H25N3O. The molecule has 4 heteroatoms. The van der Waals surface area contributed by atoms with Gasteiger partial charge in [-0.1, -0.05) is 0 Å². The van der Waals surface area contributed by atoms with Crippen molar-refractivity contribution >= 4 is 0 Å². The molecule has 0 spiro atoms. The van der Waals surface area contributed by atoms with E-state index in [0.29, 0.717) is 6.04 Å². The fourth-order valence-electron chi connectivity index (χ4n) is 3.17. The maximum Gasteiger partial charge on any atom is 0.0791 e. The first-order valence-corrected chi connectivity index (χ1v) is 7.19. The van der Waals surface area contributed by atoms with E-state index in [1.165, 1.54) is 45.3 Å². The molecule has 2 heterocycles. The molecule has 2 N–H and O–H groups in total. The van der Waals surface area contributed by atoms with E-state index in [9.17, 15) is 5.11 Å². The van der Waals surface area contributed by atoms with Gasteiger partial charge in [-0.15, -0.1) is 0 Å². The van der Waals surface area contributed by atoms with E-state index in [1.54, 1.807) is 0 Å². The second-order valence-electron chi connectivity index (χ2n) is 5.93. The van der Waals surface area contributed by atoms with Crippen LogP contribution in [-0.2, 0) is 0 Å². The van der Waals surface area contributed by atoms with Gasteiger partial charge in [0.15, 0.2) is 0 Å². The molecule has 0 radical (unpaired) electrons. The zero-order valence-electron chi connectivity index (χ0n) is 10.6. The van der Waals surface area contributed by atoms with Crippen molar-refractivity contribution in [3.05, 3.63) is 0 Å². The normalized spacial score (nSPS) is 32.6. The molecule has 0 aromatic rings. The Kier molecular flexibility index (Phi) is 3.66. The number of piperazine rings is 1. The summed E-state index contributed by atoms with van der Waals surface area (Å²) in [6.07, 6.45) is 5.13. The fraction of sp³-hybridized carbons (Fsp3) is 1.00. The molecular weight excluding hydrogens is 214 g/mol. The first kappa shape index (κ1) is 11.9. The lowest BCUT2D eigenvalue weighted by molar-refractivity contribution is 0.0567. The van der Waals surface area contributed by atoms with Crippen LogP contribution < -0.4 is 5.32 Å². The number of aliphatic hydroxyl groups is 1. The highest BCUT2D eigenvalue weighted by Gasteiger charge is 2.31. The molecule has 1 saturated carbocycles. The number of aliphatic hydroxyl groups excluding tert-OH is 1. The molecule has 4 nitrogen and oxygen atoms in total. The van der Waals surface area contributed by atoms with Gasteiger partial charge in [0.25, 0.3) is 0 Å². The number of rotatable bonds is 5. The SMILES string of the molecule is OC(CNC1CC1)CN1CCN2CCCC2C1. The Labute approximate surface area is 104 Å². The number of nitrogens with one attached hydrogen (secondary N) is 1. The summed E-state index contributed by atoms with van der Waals surface area (Å²) in [5, 5.41) is 13.4. The quantitative estimate of drug-likeness (QED) is 0.701. The van der Waals surface area contributed by atoms with Gasteiger partial charge in [-0.3, -0.25) is 9.80 Å². The molecule has 3 aliphatic rings. The number of fused-ring (bicyclic) bond motifs is 1. The second-order valence-corrected chi connectivity index (χ2v) is 5.93. The molecule has 0 aromatic carbocycles. The molecule has 2 saturated heterocycles. The number of hydrogen-bond acceptors (Lipinski definition) is 4. The highest BCUT2D eigenvalue weighted by Crippen LogP contribution is 2.21. The summed E-state index contributed by atoms with van der Waals surface area (Å²) < 4.78 is 0. The van der Waals surface area contributed by atoms with Crippen molar-refractivity contribution in [2.45, 2.75) is 43.9 Å². The van der Waals surface area contributed by atoms with Gasteiger partial charge in [-0.2, -0.15) is 0 Å². The summed E-state index contributed by atoms with van der Waals surface area (Å²) >= 11 is 0. The van der Waals surface area contributed by atoms with Crippen molar-refractivity contribution in [3.8, 4) is 0 Å². The first-order valence-electron chi connectivity index (χ1n) is 7.19. The maximum absolute atomic E-state index is 10.0. The molecule has 2 aliphatic heterocycles. The Hall–Kier alpha value is -0.160. The summed E-state index contributed by atoms with van der Waals surface area (Å²) in [5.41, 5.74) is 0. The molecule has 3 fully saturated rings. The van der Waals surface area contributed by atoms with Crippen molar-refractivity contribution in [1.82, 2.24) is 15.1 Å². The van der Waals surface area contributed by atoms with Gasteiger partial charge in [0, 0.05) is 44.8 Å². The molecule has 2 atom stereocenters. The Morgan fingerprint density at radius 3 is 2.88 bits per heavy atom. The van der Waals surface area contributed by atoms with Gasteiger partial charge in [0.2, 0.25) is 0 Å². The van der Waals surface area contributed by atoms with Crippen molar-refractivity contribution in [1.29, 1.82) is 0 Å². The summed E-state index contributed by atoms with van der Waals surface area (Å²) in [7, 11) is 0. The van der Waals surface area contributed by atoms with Crippen molar-refractivity contribution in [2.75, 3.05) is 39.3 Å². The van der Waals surface area contributed by atoms with Crippen LogP contribution in [0.25, 0.3) is 0 Å². The smallest absolute Gasteiger partial charge is 0.0791 e. The zero-order valence-corrected chi connectivity index (χ0v) is 10.6. The summed E-state index contributed by atoms with van der Waals surface area (Å²) in [6.45, 7) is 6.43. The first-order chi connectivity index (χ1) is 8.31. The number of hydrogen-bond donors (Lipinski definition) is 2. The van der Waals surface area contributed by atoms with Crippen molar-refractivity contribution in [2.24, 2.45) is 0 Å². The topological polar surface area (TPSA) is 38.7 Å². The lowest BCUT2D eigenvalue weighted by atomic mass is 10.1. The van der Waals surface area contributed by atoms with Crippen LogP contribution in [0.1, 0.15) is 25.7 Å². The Morgan fingerprint density at radius 1 is 1.18 bits per heavy atom. The molecule has 2 unspecified atom stereocenters. The van der Waals surface area contributed by atoms with Gasteiger partial charge in [0.05, 0.1) is 6.10 Å². The van der Waals surface area contributed by atoms with Gasteiger partial charge in [-0.25, -0.2) is 0 Å². The van der Waals surface area contributed by atoms with Gasteiger partial charge in [-0.05, 0) is 32.2 Å². The molecule has 3 rings (SSSR count). The second kappa shape index (κ2) is 5.22. The van der Waals surface area contributed by atoms with E-state index in [4.69, 9.17) is 0 Å². The molecule has 0 bridgehead atoms. The van der Waals surface area contributed by atoms with Crippen LogP contribution in [0.15, 0.2) is 0 Å². The standard InChI is InChI=1S/C13H25N3O/c17-13(8-14-11-3-4-11)10-15-6-7-16-5-1-2-12(16)9-15/h11-14,17H,1-10H2. The minimum Gasteiger partial charge on any atom is -0.390 e. The average Bonchev–Trinajstić information content (AvgIpc) is 3.04. The third-order valence-electron chi connectivity index (χ3n) is 4.36. The van der Waals surface area contributed by atoms with Crippen LogP contribution in [-0.4, -0.2) is 72.4 Å². The van der Waals surface area contributed by atoms with E-state index in [2.05, 4.69) is 15.1 Å². The minimum absolute atomic E-state index is 0.191. The number of nitrogens with zero attached hydrogens (tertiary/aromatic N) is 2. The highest BCUT2D eigenvalue weighted by molar-refractivity contribution is 4.88. The number of β-amino-alcohol motifs (C(OH)–C–C–N with tert-alkyl or cyclic N) is 1. The van der Waals surface area contributed by atoms with Crippen LogP contribution in [0.5, 0.6) is 0 Å². The molecule has 0 amide bonds. The lowest BCUT2D eigenvalue weighted by Gasteiger charge is -2.38. The molecule has 0 aromatic heterocycles. The van der Waals surface area contributed by atoms with E-state index < -0.39 is 0 Å². The van der Waals surface area contributed by atoms with Gasteiger partial charge < -0.3 is 10.4 Å². The lowest BCUT2D eigenvalue weighted by Crippen LogP contribution is -2.52. The van der Waals surface area contributed by atoms with E-state index in [1.807, 2.05) is 0 Å². The summed E-state index contributed by atoms with van der Waals surface area (Å²) in [4.78, 5) is 5.07. The molecule has 98 valence electrons. The molecule has 17 heavy (non-hydrogen) atoms. The van der Waals surface area contributed by atoms with E-state index in [0.717, 1.165) is 25.7 Å². The minimum atomic E-state index is -0.191. The van der Waals surface area contributed by atoms with Crippen molar-refractivity contribution in [3.63, 3.8) is 0 Å². The summed E-state index contributed by atoms with van der Waals surface area (Å²) in [5.74, 6) is 0. The summed E-state index contributed by atoms with van der Waals surface area (Å²) in [6, 6.07) is 1.48. The van der Waals surface area contributed by atoms with Crippen LogP contribution in [0.2, 0.25) is 0 Å². The largest absolute Gasteiger partial charge is 0.390 e. The maximum atomic E-state index is 10.0. The van der Waals surface area contributed by atoms with Crippen LogP contribution in [0, 0.1) is 0 Å². The van der Waals surface area contributed by atoms with Crippen LogP contribution in [0.3, 0.4) is 0 Å². The van der Waals surface area contributed by atoms with Crippen molar-refractivity contribution < 1.29 is 5.11 Å². The molecule has 1 aliphatic carbocycles. The zero-order chi connectivity index (χ0) is 11.7. The Morgan fingerprint density at radius 2 is 2.06 bits per heavy atom. The Balaban J connectivity index is 1.38. The predicted octanol–water partition coefficient (Wildman–Crippen LogP) is -0.121. The third-order valence-corrected chi connectivity index (χ3v) is 4.36. The fourth-order valence-corrected chi connectivity index (χ4v) is 3.17. The van der Waals surface area contributed by atoms with Gasteiger partial charge >= 0.3 is 0 Å². The van der Waals surface area contributed by atoms with E-state index >= 15 is 0 Å².